The number of hydrogen-bond donors (Lipinski definition) is 0. The van der Waals surface area contributed by atoms with E-state index in [1.807, 2.05) is 0 Å². The van der Waals surface area contributed by atoms with Crippen LogP contribution in [0.3, 0.4) is 0 Å². The van der Waals surface area contributed by atoms with Gasteiger partial charge in [0.1, 0.15) is 0 Å². The molecule has 0 heterocycles. The predicted octanol–water partition coefficient (Wildman–Crippen LogP) is 6.00. The van der Waals surface area contributed by atoms with Crippen LogP contribution in [0.1, 0.15) is 46.5 Å². The molecular formula is C18H28. The maximum absolute atomic E-state index is 3.00. The highest BCUT2D eigenvalue weighted by Gasteiger charge is 2.02. The first-order chi connectivity index (χ1) is 8.77. The van der Waals surface area contributed by atoms with E-state index in [4.69, 9.17) is 0 Å². The van der Waals surface area contributed by atoms with E-state index in [0.717, 1.165) is 6.42 Å². The Morgan fingerprint density at radius 2 is 1.89 bits per heavy atom. The minimum Gasteiger partial charge on any atom is -0.106 e. The van der Waals surface area contributed by atoms with Crippen LogP contribution < -0.4 is 0 Å². The van der Waals surface area contributed by atoms with Gasteiger partial charge in [0.25, 0.3) is 0 Å². The van der Waals surface area contributed by atoms with E-state index in [1.54, 1.807) is 11.1 Å². The summed E-state index contributed by atoms with van der Waals surface area (Å²) in [6.45, 7) is 12.8. The van der Waals surface area contributed by atoms with Crippen molar-refractivity contribution in [1.29, 1.82) is 0 Å². The maximum Gasteiger partial charge on any atom is -0.00755 e. The zero-order chi connectivity index (χ0) is 13.8. The molecule has 0 saturated carbocycles. The van der Waals surface area contributed by atoms with Gasteiger partial charge in [0.15, 0.2) is 0 Å². The molecule has 0 amide bonds. The second-order valence-corrected chi connectivity index (χ2v) is 4.47. The molecule has 1 unspecified atom stereocenters. The molecule has 1 aliphatic rings. The largest absolute Gasteiger partial charge is 0.106 e. The van der Waals surface area contributed by atoms with Crippen molar-refractivity contribution in [3.63, 3.8) is 0 Å². The quantitative estimate of drug-likeness (QED) is 0.534. The van der Waals surface area contributed by atoms with Gasteiger partial charge in [-0.1, -0.05) is 69.2 Å². The molecule has 18 heavy (non-hydrogen) atoms. The van der Waals surface area contributed by atoms with Crippen LogP contribution in [0.5, 0.6) is 0 Å². The first kappa shape index (κ1) is 16.7. The Bertz CT molecular complexity index is 326. The van der Waals surface area contributed by atoms with E-state index in [1.165, 1.54) is 19.3 Å². The summed E-state index contributed by atoms with van der Waals surface area (Å²) in [5.74, 6) is 0.535. The first-order valence-electron chi connectivity index (χ1n) is 7.00. The summed E-state index contributed by atoms with van der Waals surface area (Å²) in [6.07, 6.45) is 18.2. The van der Waals surface area contributed by atoms with Gasteiger partial charge in [-0.05, 0) is 30.8 Å². The third-order valence-corrected chi connectivity index (χ3v) is 3.03. The van der Waals surface area contributed by atoms with E-state index in [2.05, 4.69) is 70.4 Å². The summed E-state index contributed by atoms with van der Waals surface area (Å²) in [4.78, 5) is 0. The van der Waals surface area contributed by atoms with Crippen LogP contribution in [0.25, 0.3) is 0 Å². The highest BCUT2D eigenvalue weighted by molar-refractivity contribution is 5.29. The van der Waals surface area contributed by atoms with Crippen molar-refractivity contribution < 1.29 is 0 Å². The van der Waals surface area contributed by atoms with E-state index in [9.17, 15) is 0 Å². The summed E-state index contributed by atoms with van der Waals surface area (Å²) < 4.78 is 0. The van der Waals surface area contributed by atoms with Crippen LogP contribution in [-0.4, -0.2) is 0 Å². The summed E-state index contributed by atoms with van der Waals surface area (Å²) in [5.41, 5.74) is 3.15. The van der Waals surface area contributed by atoms with Gasteiger partial charge >= 0.3 is 0 Å². The van der Waals surface area contributed by atoms with Crippen molar-refractivity contribution in [1.82, 2.24) is 0 Å². The average Bonchev–Trinajstić information content (AvgIpc) is 2.41. The van der Waals surface area contributed by atoms with Gasteiger partial charge in [0, 0.05) is 0 Å². The zero-order valence-corrected chi connectivity index (χ0v) is 12.3. The topological polar surface area (TPSA) is 0 Å². The lowest BCUT2D eigenvalue weighted by Crippen LogP contribution is -1.91. The Balaban J connectivity index is 0.00000137. The lowest BCUT2D eigenvalue weighted by atomic mass is 9.96. The van der Waals surface area contributed by atoms with Crippen molar-refractivity contribution in [3.05, 3.63) is 60.8 Å². The fourth-order valence-corrected chi connectivity index (χ4v) is 2.01. The van der Waals surface area contributed by atoms with Crippen molar-refractivity contribution >= 4 is 0 Å². The van der Waals surface area contributed by atoms with Crippen molar-refractivity contribution in [2.45, 2.75) is 46.5 Å². The molecule has 0 N–H and O–H groups in total. The molecule has 0 nitrogen and oxygen atoms in total. The van der Waals surface area contributed by atoms with Gasteiger partial charge in [0.05, 0.1) is 0 Å². The maximum atomic E-state index is 3.00. The van der Waals surface area contributed by atoms with Crippen LogP contribution in [0, 0.1) is 5.92 Å². The summed E-state index contributed by atoms with van der Waals surface area (Å²) in [5, 5.41) is 0. The summed E-state index contributed by atoms with van der Waals surface area (Å²) in [6, 6.07) is 0. The SMILES string of the molecule is C=C.CCCC1=C(\CC)C/C=C\C=C/C(C)/C=C\1. The van der Waals surface area contributed by atoms with Crippen LogP contribution in [0.15, 0.2) is 60.8 Å². The molecule has 0 spiro atoms. The molecule has 0 fully saturated rings. The van der Waals surface area contributed by atoms with Crippen molar-refractivity contribution in [3.8, 4) is 0 Å². The Kier molecular flexibility index (Phi) is 10.0. The second kappa shape index (κ2) is 10.8. The molecule has 0 aromatic heterocycles. The van der Waals surface area contributed by atoms with Gasteiger partial charge in [-0.3, -0.25) is 0 Å². The summed E-state index contributed by atoms with van der Waals surface area (Å²) >= 11 is 0. The Hall–Kier alpha value is -1.30. The third-order valence-electron chi connectivity index (χ3n) is 3.03. The standard InChI is InChI=1S/C16H24.C2H4/c1-4-9-16-13-12-14(3)10-7-6-8-11-15(16)5-2;1-2/h6-8,10,12-14H,4-5,9,11H2,1-3H3;1-2H2/b8-6-,10-7-,13-12-,16-15-;. The van der Waals surface area contributed by atoms with E-state index in [0.29, 0.717) is 5.92 Å². The van der Waals surface area contributed by atoms with Gasteiger partial charge < -0.3 is 0 Å². The van der Waals surface area contributed by atoms with Crippen LogP contribution in [-0.2, 0) is 0 Å². The van der Waals surface area contributed by atoms with Gasteiger partial charge in [-0.15, -0.1) is 13.2 Å². The Morgan fingerprint density at radius 3 is 2.50 bits per heavy atom. The number of allylic oxidation sites excluding steroid dienone is 8. The monoisotopic (exact) mass is 244 g/mol. The second-order valence-electron chi connectivity index (χ2n) is 4.47. The normalized spacial score (nSPS) is 28.7. The fourth-order valence-electron chi connectivity index (χ4n) is 2.01. The van der Waals surface area contributed by atoms with Crippen LogP contribution in [0.4, 0.5) is 0 Å². The number of hydrogen-bond acceptors (Lipinski definition) is 0. The van der Waals surface area contributed by atoms with Crippen molar-refractivity contribution in [2.24, 2.45) is 5.92 Å². The predicted molar refractivity (Wildman–Crippen MR) is 84.7 cm³/mol. The molecule has 0 bridgehead atoms. The van der Waals surface area contributed by atoms with Gasteiger partial charge in [-0.2, -0.15) is 0 Å². The lowest BCUT2D eigenvalue weighted by Gasteiger charge is -2.10. The molecule has 0 aliphatic heterocycles. The molecule has 1 atom stereocenters. The van der Waals surface area contributed by atoms with E-state index >= 15 is 0 Å². The molecule has 1 aliphatic carbocycles. The fraction of sp³-hybridized carbons (Fsp3) is 0.444. The molecule has 100 valence electrons. The molecule has 0 aromatic rings. The van der Waals surface area contributed by atoms with Gasteiger partial charge in [-0.25, -0.2) is 0 Å². The molecule has 0 heteroatoms. The van der Waals surface area contributed by atoms with E-state index < -0.39 is 0 Å². The molecule has 0 saturated heterocycles. The summed E-state index contributed by atoms with van der Waals surface area (Å²) in [7, 11) is 0. The highest BCUT2D eigenvalue weighted by atomic mass is 14.1. The molecular weight excluding hydrogens is 216 g/mol. The molecule has 1 rings (SSSR count). The lowest BCUT2D eigenvalue weighted by molar-refractivity contribution is 0.871. The average molecular weight is 244 g/mol. The van der Waals surface area contributed by atoms with Crippen LogP contribution in [0.2, 0.25) is 0 Å². The third kappa shape index (κ3) is 6.44. The molecule has 0 aromatic carbocycles. The van der Waals surface area contributed by atoms with Crippen molar-refractivity contribution in [2.75, 3.05) is 0 Å². The highest BCUT2D eigenvalue weighted by Crippen LogP contribution is 2.21. The minimum atomic E-state index is 0.535. The Labute approximate surface area is 113 Å². The van der Waals surface area contributed by atoms with Crippen LogP contribution >= 0.6 is 0 Å². The van der Waals surface area contributed by atoms with E-state index in [-0.39, 0.29) is 0 Å². The minimum absolute atomic E-state index is 0.535. The van der Waals surface area contributed by atoms with Gasteiger partial charge in [0.2, 0.25) is 0 Å². The number of rotatable bonds is 3. The smallest absolute Gasteiger partial charge is 0.00755 e. The Morgan fingerprint density at radius 1 is 1.17 bits per heavy atom. The molecule has 0 radical (unpaired) electrons. The first-order valence-corrected chi connectivity index (χ1v) is 7.00. The zero-order valence-electron chi connectivity index (χ0n) is 12.3.